The van der Waals surface area contributed by atoms with Crippen molar-refractivity contribution in [3.8, 4) is 17.3 Å². The van der Waals surface area contributed by atoms with Crippen LogP contribution in [0.3, 0.4) is 0 Å². The number of methoxy groups -OCH3 is 1. The maximum Gasteiger partial charge on any atom is 0.313 e. The Bertz CT molecular complexity index is 1340. The van der Waals surface area contributed by atoms with Crippen molar-refractivity contribution in [3.05, 3.63) is 70.4 Å². The van der Waals surface area contributed by atoms with Crippen LogP contribution in [0.2, 0.25) is 0 Å². The van der Waals surface area contributed by atoms with Crippen molar-refractivity contribution < 1.29 is 18.8 Å². The summed E-state index contributed by atoms with van der Waals surface area (Å²) >= 11 is 0. The van der Waals surface area contributed by atoms with Gasteiger partial charge < -0.3 is 15.2 Å². The molecule has 1 aromatic carbocycles. The Balaban J connectivity index is 1.76. The molecule has 3 heterocycles. The molecule has 5 rings (SSSR count). The van der Waals surface area contributed by atoms with Crippen LogP contribution in [0, 0.1) is 11.7 Å². The number of nitrogen functional groups attached to an aromatic ring is 1. The van der Waals surface area contributed by atoms with Crippen molar-refractivity contribution in [2.45, 2.75) is 39.2 Å². The lowest BCUT2D eigenvalue weighted by Gasteiger charge is -2.22. The van der Waals surface area contributed by atoms with Gasteiger partial charge in [-0.2, -0.15) is 0 Å². The first-order chi connectivity index (χ1) is 16.8. The number of allylic oxidation sites excluding steroid dienone is 2. The number of benzene rings is 1. The van der Waals surface area contributed by atoms with Gasteiger partial charge in [-0.05, 0) is 50.8 Å². The Morgan fingerprint density at radius 3 is 2.83 bits per heavy atom. The zero-order chi connectivity index (χ0) is 24.7. The first-order valence-electron chi connectivity index (χ1n) is 11.7. The van der Waals surface area contributed by atoms with E-state index in [9.17, 15) is 4.39 Å². The molecule has 1 unspecified atom stereocenters. The average molecular weight is 478 g/mol. The van der Waals surface area contributed by atoms with E-state index in [-0.39, 0.29) is 5.82 Å². The molecule has 1 aliphatic carbocycles. The van der Waals surface area contributed by atoms with Crippen LogP contribution in [-0.4, -0.2) is 29.1 Å². The van der Waals surface area contributed by atoms with Gasteiger partial charge in [0.05, 0.1) is 30.4 Å². The summed E-state index contributed by atoms with van der Waals surface area (Å²) in [5.41, 5.74) is 17.9. The van der Waals surface area contributed by atoms with Gasteiger partial charge in [0, 0.05) is 47.5 Å². The predicted molar refractivity (Wildman–Crippen MR) is 131 cm³/mol. The molecule has 9 heteroatoms. The van der Waals surface area contributed by atoms with E-state index in [4.69, 9.17) is 25.9 Å². The average Bonchev–Trinajstić information content (AvgIpc) is 3.57. The summed E-state index contributed by atoms with van der Waals surface area (Å²) in [6.45, 7) is 4.46. The molecule has 5 N–H and O–H groups in total. The Labute approximate surface area is 203 Å². The fourth-order valence-electron chi connectivity index (χ4n) is 4.32. The van der Waals surface area contributed by atoms with Crippen molar-refractivity contribution in [1.82, 2.24) is 9.78 Å². The monoisotopic (exact) mass is 477 g/mol. The number of pyridine rings is 1. The zero-order valence-electron chi connectivity index (χ0n) is 20.1. The number of aromatic amines is 1. The van der Waals surface area contributed by atoms with Gasteiger partial charge in [0.25, 0.3) is 0 Å². The highest BCUT2D eigenvalue weighted by molar-refractivity contribution is 6.13. The van der Waals surface area contributed by atoms with Gasteiger partial charge in [-0.15, -0.1) is 5.10 Å². The molecule has 8 nitrogen and oxygen atoms in total. The molecule has 1 saturated carbocycles. The SMILES string of the molecule is COc1cc2n(n1)-c1ccc(F)cc1C(C)Oc1cc(c[nH+]c1N)C(=NCC1CC1)C(=C(C)N)C2. The smallest absolute Gasteiger partial charge is 0.313 e. The van der Waals surface area contributed by atoms with Gasteiger partial charge in [-0.3, -0.25) is 10.7 Å². The summed E-state index contributed by atoms with van der Waals surface area (Å²) < 4.78 is 27.9. The molecule has 0 saturated heterocycles. The maximum absolute atomic E-state index is 14.4. The Morgan fingerprint density at radius 2 is 2.11 bits per heavy atom. The van der Waals surface area contributed by atoms with Crippen molar-refractivity contribution in [3.63, 3.8) is 0 Å². The number of aliphatic imine (C=N–C) groups is 1. The molecular formula is C26H30FN6O2+. The molecule has 1 aliphatic heterocycles. The van der Waals surface area contributed by atoms with Crippen molar-refractivity contribution in [2.24, 2.45) is 16.6 Å². The van der Waals surface area contributed by atoms with E-state index in [0.29, 0.717) is 46.7 Å². The van der Waals surface area contributed by atoms with Crippen molar-refractivity contribution in [2.75, 3.05) is 19.4 Å². The predicted octanol–water partition coefficient (Wildman–Crippen LogP) is 3.54. The van der Waals surface area contributed by atoms with E-state index in [1.165, 1.54) is 25.0 Å². The first-order valence-corrected chi connectivity index (χ1v) is 11.7. The van der Waals surface area contributed by atoms with Crippen LogP contribution >= 0.6 is 0 Å². The minimum atomic E-state index is -0.521. The van der Waals surface area contributed by atoms with Crippen LogP contribution in [0.4, 0.5) is 10.2 Å². The number of halogens is 1. The number of fused-ring (bicyclic) bond motifs is 5. The Kier molecular flexibility index (Phi) is 5.92. The van der Waals surface area contributed by atoms with Gasteiger partial charge in [-0.25, -0.2) is 14.1 Å². The van der Waals surface area contributed by atoms with E-state index in [0.717, 1.165) is 29.1 Å². The largest absolute Gasteiger partial charge is 0.480 e. The summed E-state index contributed by atoms with van der Waals surface area (Å²) in [5.74, 6) is 1.51. The minimum Gasteiger partial charge on any atom is -0.480 e. The molecule has 3 aromatic rings. The van der Waals surface area contributed by atoms with Crippen LogP contribution in [0.5, 0.6) is 11.6 Å². The van der Waals surface area contributed by atoms with Gasteiger partial charge in [0.1, 0.15) is 11.9 Å². The second-order valence-corrected chi connectivity index (χ2v) is 9.19. The maximum atomic E-state index is 14.4. The molecule has 182 valence electrons. The fourth-order valence-corrected chi connectivity index (χ4v) is 4.32. The molecule has 0 spiro atoms. The summed E-state index contributed by atoms with van der Waals surface area (Å²) in [5, 5.41) is 4.63. The lowest BCUT2D eigenvalue weighted by atomic mass is 9.96. The van der Waals surface area contributed by atoms with Crippen LogP contribution in [-0.2, 0) is 6.42 Å². The van der Waals surface area contributed by atoms with E-state index < -0.39 is 6.10 Å². The number of anilines is 1. The molecule has 35 heavy (non-hydrogen) atoms. The molecule has 0 radical (unpaired) electrons. The highest BCUT2D eigenvalue weighted by Gasteiger charge is 2.27. The highest BCUT2D eigenvalue weighted by Crippen LogP contribution is 2.34. The number of hydrogen-bond acceptors (Lipinski definition) is 6. The van der Waals surface area contributed by atoms with E-state index in [2.05, 4.69) is 10.1 Å². The standard InChI is InChI=1S/C26H29FN6O2/c1-14(28)20-10-19-11-24(34-3)32-33(19)22-7-6-18(27)9-21(22)15(2)35-23-8-17(13-31-26(23)29)25(20)30-12-16-4-5-16/h6-9,11,13,15-16H,4-5,10,12,28H2,1-3H3,(H2,29,31)/p+1. The fraction of sp³-hybridized carbons (Fsp3) is 0.346. The number of H-pyrrole nitrogens is 1. The molecule has 2 aromatic heterocycles. The third-order valence-electron chi connectivity index (χ3n) is 6.46. The van der Waals surface area contributed by atoms with Crippen LogP contribution in [0.15, 0.2) is 52.8 Å². The number of rotatable bonds is 3. The zero-order valence-corrected chi connectivity index (χ0v) is 20.1. The molecular weight excluding hydrogens is 447 g/mol. The Morgan fingerprint density at radius 1 is 1.31 bits per heavy atom. The molecule has 0 amide bonds. The normalized spacial score (nSPS) is 20.2. The number of hydrogen-bond donors (Lipinski definition) is 2. The molecule has 2 bridgehead atoms. The summed E-state index contributed by atoms with van der Waals surface area (Å²) in [7, 11) is 1.57. The molecule has 1 atom stereocenters. The van der Waals surface area contributed by atoms with E-state index in [1.54, 1.807) is 17.9 Å². The number of aromatic nitrogens is 3. The topological polar surface area (TPSA) is 115 Å². The van der Waals surface area contributed by atoms with Crippen molar-refractivity contribution >= 4 is 11.5 Å². The van der Waals surface area contributed by atoms with Gasteiger partial charge in [-0.1, -0.05) is 0 Å². The lowest BCUT2D eigenvalue weighted by Crippen LogP contribution is -2.22. The first kappa shape index (κ1) is 22.9. The third-order valence-corrected chi connectivity index (χ3v) is 6.46. The van der Waals surface area contributed by atoms with Crippen LogP contribution in [0.1, 0.15) is 49.6 Å². The van der Waals surface area contributed by atoms with Crippen molar-refractivity contribution in [1.29, 1.82) is 0 Å². The number of nitrogens with two attached hydrogens (primary N) is 2. The summed E-state index contributed by atoms with van der Waals surface area (Å²) in [6, 6.07) is 8.30. The molecule has 2 aliphatic rings. The summed E-state index contributed by atoms with van der Waals surface area (Å²) in [4.78, 5) is 8.11. The lowest BCUT2D eigenvalue weighted by molar-refractivity contribution is -0.361. The number of nitrogens with one attached hydrogen (secondary N) is 1. The van der Waals surface area contributed by atoms with E-state index in [1.807, 2.05) is 32.2 Å². The summed E-state index contributed by atoms with van der Waals surface area (Å²) in [6.07, 6.45) is 4.13. The second-order valence-electron chi connectivity index (χ2n) is 9.19. The van der Waals surface area contributed by atoms with Gasteiger partial charge in [0.2, 0.25) is 11.6 Å². The Hall–Kier alpha value is -3.88. The number of nitrogens with zero attached hydrogens (tertiary/aromatic N) is 3. The number of ether oxygens (including phenoxy) is 2. The molecule has 1 fully saturated rings. The van der Waals surface area contributed by atoms with Gasteiger partial charge >= 0.3 is 5.82 Å². The van der Waals surface area contributed by atoms with Crippen LogP contribution in [0.25, 0.3) is 5.69 Å². The second kappa shape index (κ2) is 9.05. The minimum absolute atomic E-state index is 0.367. The van der Waals surface area contributed by atoms with Crippen LogP contribution < -0.4 is 25.9 Å². The van der Waals surface area contributed by atoms with E-state index >= 15 is 0 Å². The third kappa shape index (κ3) is 4.58. The van der Waals surface area contributed by atoms with Gasteiger partial charge in [0.15, 0.2) is 0 Å². The quantitative estimate of drug-likeness (QED) is 0.599. The highest BCUT2D eigenvalue weighted by atomic mass is 19.1.